The van der Waals surface area contributed by atoms with Gasteiger partial charge in [-0.3, -0.25) is 10.1 Å². The van der Waals surface area contributed by atoms with Gasteiger partial charge in [0, 0.05) is 6.20 Å². The highest BCUT2D eigenvalue weighted by Gasteiger charge is 2.04. The van der Waals surface area contributed by atoms with Crippen LogP contribution in [0.4, 0.5) is 0 Å². The number of nitrogens with zero attached hydrogens (tertiary/aromatic N) is 2. The highest BCUT2D eigenvalue weighted by Crippen LogP contribution is 2.18. The molecule has 0 saturated heterocycles. The summed E-state index contributed by atoms with van der Waals surface area (Å²) in [6.45, 7) is 0.302. The SMILES string of the molecule is O=S(O)c1cccc(COc2ccc(-c3ccn[nH]3)nc2)c1. The van der Waals surface area contributed by atoms with E-state index in [1.807, 2.05) is 24.3 Å². The number of nitrogens with one attached hydrogen (secondary N) is 1. The summed E-state index contributed by atoms with van der Waals surface area (Å²) in [6, 6.07) is 12.3. The molecule has 1 atom stereocenters. The molecule has 112 valence electrons. The second-order valence-corrected chi connectivity index (χ2v) is 5.50. The predicted octanol–water partition coefficient (Wildman–Crippen LogP) is 2.63. The van der Waals surface area contributed by atoms with Gasteiger partial charge in [0.05, 0.1) is 22.5 Å². The van der Waals surface area contributed by atoms with E-state index in [0.29, 0.717) is 17.3 Å². The summed E-state index contributed by atoms with van der Waals surface area (Å²) in [6.07, 6.45) is 3.30. The lowest BCUT2D eigenvalue weighted by atomic mass is 10.2. The normalized spacial score (nSPS) is 12.0. The summed E-state index contributed by atoms with van der Waals surface area (Å²) < 4.78 is 25.7. The fraction of sp³-hybridized carbons (Fsp3) is 0.0667. The van der Waals surface area contributed by atoms with Gasteiger partial charge in [-0.1, -0.05) is 12.1 Å². The molecule has 3 aromatic rings. The van der Waals surface area contributed by atoms with Crippen molar-refractivity contribution in [2.75, 3.05) is 0 Å². The molecule has 7 heteroatoms. The van der Waals surface area contributed by atoms with Crippen LogP contribution in [-0.2, 0) is 17.7 Å². The zero-order valence-electron chi connectivity index (χ0n) is 11.5. The van der Waals surface area contributed by atoms with Crippen molar-refractivity contribution in [3.63, 3.8) is 0 Å². The van der Waals surface area contributed by atoms with Crippen molar-refractivity contribution in [2.45, 2.75) is 11.5 Å². The highest BCUT2D eigenvalue weighted by atomic mass is 32.2. The van der Waals surface area contributed by atoms with Gasteiger partial charge in [0.25, 0.3) is 0 Å². The molecule has 0 amide bonds. The lowest BCUT2D eigenvalue weighted by molar-refractivity contribution is 0.305. The molecule has 2 N–H and O–H groups in total. The zero-order chi connectivity index (χ0) is 15.4. The molecule has 1 aromatic carbocycles. The lowest BCUT2D eigenvalue weighted by Crippen LogP contribution is -1.98. The fourth-order valence-electron chi connectivity index (χ4n) is 1.93. The van der Waals surface area contributed by atoms with Crippen LogP contribution in [0.1, 0.15) is 5.56 Å². The topological polar surface area (TPSA) is 88.1 Å². The second kappa shape index (κ2) is 6.50. The van der Waals surface area contributed by atoms with Gasteiger partial charge < -0.3 is 9.29 Å². The first-order chi connectivity index (χ1) is 10.7. The van der Waals surface area contributed by atoms with Crippen LogP contribution in [0.25, 0.3) is 11.4 Å². The quantitative estimate of drug-likeness (QED) is 0.707. The van der Waals surface area contributed by atoms with Crippen molar-refractivity contribution < 1.29 is 13.5 Å². The van der Waals surface area contributed by atoms with Gasteiger partial charge in [-0.2, -0.15) is 5.10 Å². The van der Waals surface area contributed by atoms with Gasteiger partial charge >= 0.3 is 0 Å². The van der Waals surface area contributed by atoms with Crippen LogP contribution in [0.3, 0.4) is 0 Å². The maximum Gasteiger partial charge on any atom is 0.186 e. The van der Waals surface area contributed by atoms with Crippen molar-refractivity contribution in [2.24, 2.45) is 0 Å². The van der Waals surface area contributed by atoms with Gasteiger partial charge in [0.2, 0.25) is 0 Å². The molecule has 0 aliphatic rings. The average Bonchev–Trinajstić information content (AvgIpc) is 3.08. The second-order valence-electron chi connectivity index (χ2n) is 4.53. The van der Waals surface area contributed by atoms with Crippen molar-refractivity contribution >= 4 is 11.1 Å². The number of pyridine rings is 1. The molecular weight excluding hydrogens is 302 g/mol. The number of aromatic nitrogens is 3. The Balaban J connectivity index is 1.66. The molecule has 0 saturated carbocycles. The molecular formula is C15H13N3O3S. The molecule has 0 spiro atoms. The molecule has 22 heavy (non-hydrogen) atoms. The third kappa shape index (κ3) is 3.38. The number of H-pyrrole nitrogens is 1. The minimum absolute atomic E-state index is 0.302. The van der Waals surface area contributed by atoms with Crippen LogP contribution in [0, 0.1) is 0 Å². The van der Waals surface area contributed by atoms with Gasteiger partial charge in [0.1, 0.15) is 12.4 Å². The maximum absolute atomic E-state index is 11.0. The number of aromatic amines is 1. The van der Waals surface area contributed by atoms with Crippen LogP contribution >= 0.6 is 0 Å². The van der Waals surface area contributed by atoms with Crippen LogP contribution in [0.5, 0.6) is 5.75 Å². The number of benzene rings is 1. The first-order valence-electron chi connectivity index (χ1n) is 6.51. The van der Waals surface area contributed by atoms with Gasteiger partial charge in [-0.05, 0) is 35.9 Å². The minimum atomic E-state index is -1.98. The van der Waals surface area contributed by atoms with E-state index in [1.54, 1.807) is 30.6 Å². The number of hydrogen-bond acceptors (Lipinski definition) is 4. The minimum Gasteiger partial charge on any atom is -0.487 e. The Bertz CT molecular complexity index is 773. The third-order valence-corrected chi connectivity index (χ3v) is 3.68. The van der Waals surface area contributed by atoms with Gasteiger partial charge in [0.15, 0.2) is 11.1 Å². The predicted molar refractivity (Wildman–Crippen MR) is 81.6 cm³/mol. The Morgan fingerprint density at radius 3 is 2.82 bits per heavy atom. The molecule has 0 radical (unpaired) electrons. The van der Waals surface area contributed by atoms with E-state index < -0.39 is 11.1 Å². The van der Waals surface area contributed by atoms with Gasteiger partial charge in [-0.25, -0.2) is 4.21 Å². The molecule has 0 aliphatic heterocycles. The summed E-state index contributed by atoms with van der Waals surface area (Å²) in [5, 5.41) is 6.72. The monoisotopic (exact) mass is 315 g/mol. The average molecular weight is 315 g/mol. The Hall–Kier alpha value is -2.51. The van der Waals surface area contributed by atoms with Gasteiger partial charge in [-0.15, -0.1) is 0 Å². The number of rotatable bonds is 5. The van der Waals surface area contributed by atoms with E-state index in [9.17, 15) is 4.21 Å². The molecule has 6 nitrogen and oxygen atoms in total. The Morgan fingerprint density at radius 1 is 1.23 bits per heavy atom. The van der Waals surface area contributed by atoms with Crippen molar-refractivity contribution in [1.82, 2.24) is 15.2 Å². The molecule has 0 fully saturated rings. The van der Waals surface area contributed by atoms with E-state index in [0.717, 1.165) is 17.0 Å². The zero-order valence-corrected chi connectivity index (χ0v) is 12.3. The Labute approximate surface area is 129 Å². The molecule has 3 rings (SSSR count). The summed E-state index contributed by atoms with van der Waals surface area (Å²) in [5.41, 5.74) is 2.43. The van der Waals surface area contributed by atoms with Crippen LogP contribution in [0.2, 0.25) is 0 Å². The van der Waals surface area contributed by atoms with Crippen LogP contribution < -0.4 is 4.74 Å². The summed E-state index contributed by atoms with van der Waals surface area (Å²) in [7, 11) is 0. The maximum atomic E-state index is 11.0. The van der Waals surface area contributed by atoms with E-state index in [1.165, 1.54) is 0 Å². The lowest BCUT2D eigenvalue weighted by Gasteiger charge is -2.07. The first-order valence-corrected chi connectivity index (χ1v) is 7.61. The van der Waals surface area contributed by atoms with E-state index in [-0.39, 0.29) is 0 Å². The van der Waals surface area contributed by atoms with E-state index >= 15 is 0 Å². The fourth-order valence-corrected chi connectivity index (χ4v) is 2.38. The van der Waals surface area contributed by atoms with E-state index in [2.05, 4.69) is 15.2 Å². The molecule has 0 aliphatic carbocycles. The third-order valence-electron chi connectivity index (χ3n) is 3.02. The summed E-state index contributed by atoms with van der Waals surface area (Å²) in [4.78, 5) is 4.65. The van der Waals surface area contributed by atoms with Crippen molar-refractivity contribution in [3.8, 4) is 17.1 Å². The highest BCUT2D eigenvalue weighted by molar-refractivity contribution is 7.79. The first kappa shape index (κ1) is 14.4. The van der Waals surface area contributed by atoms with E-state index in [4.69, 9.17) is 9.29 Å². The molecule has 2 aromatic heterocycles. The standard InChI is InChI=1S/C15H13N3O3S/c19-22(20)13-3-1-2-11(8-13)10-21-12-4-5-14(16-9-12)15-6-7-17-18-15/h1-9H,10H2,(H,17,18)(H,19,20). The smallest absolute Gasteiger partial charge is 0.186 e. The van der Waals surface area contributed by atoms with Crippen LogP contribution in [-0.4, -0.2) is 23.9 Å². The summed E-state index contributed by atoms with van der Waals surface area (Å²) in [5.74, 6) is 0.624. The van der Waals surface area contributed by atoms with Crippen LogP contribution in [0.15, 0.2) is 59.8 Å². The molecule has 0 bridgehead atoms. The molecule has 2 heterocycles. The molecule has 1 unspecified atom stereocenters. The van der Waals surface area contributed by atoms with Crippen molar-refractivity contribution in [1.29, 1.82) is 0 Å². The number of hydrogen-bond donors (Lipinski definition) is 2. The largest absolute Gasteiger partial charge is 0.487 e. The summed E-state index contributed by atoms with van der Waals surface area (Å²) >= 11 is -1.98. The number of ether oxygens (including phenoxy) is 1. The van der Waals surface area contributed by atoms with Crippen molar-refractivity contribution in [3.05, 3.63) is 60.4 Å². The Kier molecular flexibility index (Phi) is 4.27. The Morgan fingerprint density at radius 2 is 2.14 bits per heavy atom.